The molecule has 1 amide bonds. The summed E-state index contributed by atoms with van der Waals surface area (Å²) in [6.07, 6.45) is 3.67. The summed E-state index contributed by atoms with van der Waals surface area (Å²) in [5, 5.41) is 20.7. The molecular formula is C27H27N5O2S. The van der Waals surface area contributed by atoms with Crippen LogP contribution in [0.5, 0.6) is 0 Å². The van der Waals surface area contributed by atoms with E-state index in [9.17, 15) is 9.90 Å². The summed E-state index contributed by atoms with van der Waals surface area (Å²) < 4.78 is 0. The maximum Gasteiger partial charge on any atom is 0.409 e. The van der Waals surface area contributed by atoms with E-state index in [1.165, 1.54) is 5.56 Å². The number of rotatable bonds is 8. The molecule has 1 saturated heterocycles. The van der Waals surface area contributed by atoms with Gasteiger partial charge < -0.3 is 15.7 Å². The lowest BCUT2D eigenvalue weighted by atomic mass is 10.1. The average Bonchev–Trinajstić information content (AvgIpc) is 3.55. The Morgan fingerprint density at radius 1 is 1.06 bits per heavy atom. The summed E-state index contributed by atoms with van der Waals surface area (Å²) in [7, 11) is 0. The highest BCUT2D eigenvalue weighted by molar-refractivity contribution is 7.13. The number of hydrogen-bond donors (Lipinski definition) is 4. The fourth-order valence-corrected chi connectivity index (χ4v) is 5.08. The highest BCUT2D eigenvalue weighted by atomic mass is 32.1. The number of benzene rings is 2. The standard InChI is InChI=1S/C27H27N5O2S/c33-27(34)31-24-10-7-20(26-4-2-14-35-26)15-25(24)30-21-8-5-19(6-9-21)17-32-13-11-23(18-32)29-22-3-1-12-28-16-22/h1-10,12,14-16,23,29-31H,11,13,17-18H2,(H,33,34). The summed E-state index contributed by atoms with van der Waals surface area (Å²) >= 11 is 1.65. The van der Waals surface area contributed by atoms with E-state index in [1.54, 1.807) is 23.6 Å². The van der Waals surface area contributed by atoms with E-state index in [0.29, 0.717) is 11.7 Å². The van der Waals surface area contributed by atoms with Crippen LogP contribution in [0.4, 0.5) is 27.5 Å². The van der Waals surface area contributed by atoms with Crippen molar-refractivity contribution in [3.63, 3.8) is 0 Å². The third kappa shape index (κ3) is 5.98. The smallest absolute Gasteiger partial charge is 0.409 e. The molecule has 1 unspecified atom stereocenters. The SMILES string of the molecule is O=C(O)Nc1ccc(-c2cccs2)cc1Nc1ccc(CN2CCC(Nc3cccnc3)C2)cc1. The Morgan fingerprint density at radius 3 is 2.69 bits per heavy atom. The largest absolute Gasteiger partial charge is 0.465 e. The molecule has 2 aromatic heterocycles. The number of amides is 1. The Bertz CT molecular complexity index is 1260. The second kappa shape index (κ2) is 10.6. The van der Waals surface area contributed by atoms with Crippen molar-refractivity contribution in [3.05, 3.63) is 90.1 Å². The number of aromatic nitrogens is 1. The van der Waals surface area contributed by atoms with Crippen LogP contribution in [-0.2, 0) is 6.54 Å². The molecule has 1 aliphatic heterocycles. The van der Waals surface area contributed by atoms with Gasteiger partial charge in [-0.15, -0.1) is 11.3 Å². The van der Waals surface area contributed by atoms with Gasteiger partial charge in [-0.1, -0.05) is 24.3 Å². The van der Waals surface area contributed by atoms with Gasteiger partial charge in [0.1, 0.15) is 0 Å². The van der Waals surface area contributed by atoms with E-state index in [-0.39, 0.29) is 0 Å². The second-order valence-electron chi connectivity index (χ2n) is 8.60. The normalized spacial score (nSPS) is 15.6. The lowest BCUT2D eigenvalue weighted by Gasteiger charge is -2.18. The van der Waals surface area contributed by atoms with Crippen molar-refractivity contribution in [2.45, 2.75) is 19.0 Å². The predicted octanol–water partition coefficient (Wildman–Crippen LogP) is 6.33. The molecule has 4 N–H and O–H groups in total. The quantitative estimate of drug-likeness (QED) is 0.233. The summed E-state index contributed by atoms with van der Waals surface area (Å²) in [5.41, 5.74) is 5.49. The van der Waals surface area contributed by atoms with E-state index >= 15 is 0 Å². The number of anilines is 4. The molecule has 4 aromatic rings. The zero-order valence-corrected chi connectivity index (χ0v) is 20.0. The monoisotopic (exact) mass is 485 g/mol. The number of likely N-dealkylation sites (tertiary alicyclic amines) is 1. The first-order chi connectivity index (χ1) is 17.1. The fraction of sp³-hybridized carbons (Fsp3) is 0.185. The molecule has 0 spiro atoms. The van der Waals surface area contributed by atoms with Crippen LogP contribution in [0.15, 0.2) is 84.5 Å². The van der Waals surface area contributed by atoms with Gasteiger partial charge in [-0.05, 0) is 65.4 Å². The van der Waals surface area contributed by atoms with Crippen LogP contribution < -0.4 is 16.0 Å². The van der Waals surface area contributed by atoms with Crippen molar-refractivity contribution in [3.8, 4) is 10.4 Å². The van der Waals surface area contributed by atoms with Gasteiger partial charge in [-0.3, -0.25) is 15.2 Å². The van der Waals surface area contributed by atoms with Gasteiger partial charge in [0.25, 0.3) is 0 Å². The van der Waals surface area contributed by atoms with Crippen LogP contribution in [-0.4, -0.2) is 40.2 Å². The van der Waals surface area contributed by atoms with Gasteiger partial charge in [0.15, 0.2) is 0 Å². The van der Waals surface area contributed by atoms with Crippen molar-refractivity contribution >= 4 is 40.2 Å². The minimum Gasteiger partial charge on any atom is -0.465 e. The molecular weight excluding hydrogens is 458 g/mol. The molecule has 0 aliphatic carbocycles. The minimum absolute atomic E-state index is 0.427. The van der Waals surface area contributed by atoms with Gasteiger partial charge in [0.2, 0.25) is 0 Å². The van der Waals surface area contributed by atoms with E-state index in [2.05, 4.69) is 50.1 Å². The minimum atomic E-state index is -1.09. The molecule has 1 atom stereocenters. The first kappa shape index (κ1) is 22.9. The van der Waals surface area contributed by atoms with Crippen LogP contribution in [0.1, 0.15) is 12.0 Å². The molecule has 35 heavy (non-hydrogen) atoms. The maximum absolute atomic E-state index is 11.3. The number of pyridine rings is 1. The molecule has 7 nitrogen and oxygen atoms in total. The molecule has 178 valence electrons. The summed E-state index contributed by atoms with van der Waals surface area (Å²) in [5.74, 6) is 0. The van der Waals surface area contributed by atoms with E-state index in [1.807, 2.05) is 48.0 Å². The van der Waals surface area contributed by atoms with Crippen LogP contribution in [0.25, 0.3) is 10.4 Å². The van der Waals surface area contributed by atoms with Gasteiger partial charge in [0, 0.05) is 48.6 Å². The molecule has 2 aromatic carbocycles. The summed E-state index contributed by atoms with van der Waals surface area (Å²) in [6, 6.07) is 22.5. The third-order valence-corrected chi connectivity index (χ3v) is 6.93. The van der Waals surface area contributed by atoms with Crippen molar-refractivity contribution in [2.24, 2.45) is 0 Å². The van der Waals surface area contributed by atoms with Crippen LogP contribution in [0.2, 0.25) is 0 Å². The third-order valence-electron chi connectivity index (χ3n) is 6.01. The molecule has 5 rings (SSSR count). The number of carboxylic acid groups (broad SMARTS) is 1. The van der Waals surface area contributed by atoms with Crippen LogP contribution in [0, 0.1) is 0 Å². The van der Waals surface area contributed by atoms with E-state index in [4.69, 9.17) is 0 Å². The molecule has 0 radical (unpaired) electrons. The van der Waals surface area contributed by atoms with Gasteiger partial charge >= 0.3 is 6.09 Å². The molecule has 1 aliphatic rings. The Labute approximate surface area is 208 Å². The highest BCUT2D eigenvalue weighted by Crippen LogP contribution is 2.33. The second-order valence-corrected chi connectivity index (χ2v) is 9.54. The fourth-order valence-electron chi connectivity index (χ4n) is 4.35. The van der Waals surface area contributed by atoms with Crippen molar-refractivity contribution in [2.75, 3.05) is 29.0 Å². The van der Waals surface area contributed by atoms with Gasteiger partial charge in [-0.2, -0.15) is 0 Å². The van der Waals surface area contributed by atoms with Crippen LogP contribution in [0.3, 0.4) is 0 Å². The number of carbonyl (C=O) groups is 1. The lowest BCUT2D eigenvalue weighted by molar-refractivity contribution is 0.210. The topological polar surface area (TPSA) is 89.5 Å². The number of hydrogen-bond acceptors (Lipinski definition) is 6. The molecule has 0 saturated carbocycles. The average molecular weight is 486 g/mol. The maximum atomic E-state index is 11.3. The summed E-state index contributed by atoms with van der Waals surface area (Å²) in [4.78, 5) is 19.0. The Kier molecular flexibility index (Phi) is 6.92. The predicted molar refractivity (Wildman–Crippen MR) is 143 cm³/mol. The Morgan fingerprint density at radius 2 is 1.94 bits per heavy atom. The van der Waals surface area contributed by atoms with Crippen LogP contribution >= 0.6 is 11.3 Å². The molecule has 3 heterocycles. The van der Waals surface area contributed by atoms with Crippen molar-refractivity contribution < 1.29 is 9.90 Å². The van der Waals surface area contributed by atoms with Gasteiger partial charge in [0.05, 0.1) is 17.1 Å². The Hall–Kier alpha value is -3.88. The van der Waals surface area contributed by atoms with E-state index in [0.717, 1.165) is 53.6 Å². The van der Waals surface area contributed by atoms with Gasteiger partial charge in [-0.25, -0.2) is 4.79 Å². The summed E-state index contributed by atoms with van der Waals surface area (Å²) in [6.45, 7) is 2.94. The molecule has 0 bridgehead atoms. The zero-order chi connectivity index (χ0) is 24.0. The first-order valence-electron chi connectivity index (χ1n) is 11.6. The Balaban J connectivity index is 1.23. The number of nitrogens with one attached hydrogen (secondary N) is 3. The molecule has 1 fully saturated rings. The number of thiophene rings is 1. The molecule has 8 heteroatoms. The highest BCUT2D eigenvalue weighted by Gasteiger charge is 2.22. The lowest BCUT2D eigenvalue weighted by Crippen LogP contribution is -2.25. The number of nitrogens with zero attached hydrogens (tertiary/aromatic N) is 2. The van der Waals surface area contributed by atoms with Crippen molar-refractivity contribution in [1.29, 1.82) is 0 Å². The first-order valence-corrected chi connectivity index (χ1v) is 12.4. The zero-order valence-electron chi connectivity index (χ0n) is 19.1. The van der Waals surface area contributed by atoms with E-state index < -0.39 is 6.09 Å². The van der Waals surface area contributed by atoms with Crippen molar-refractivity contribution in [1.82, 2.24) is 9.88 Å².